The number of nitrogens with zero attached hydrogens (tertiary/aromatic N) is 6. The number of fused-ring (bicyclic) bond motifs is 1. The van der Waals surface area contributed by atoms with Crippen LogP contribution in [0, 0.1) is 23.0 Å². The van der Waals surface area contributed by atoms with Gasteiger partial charge >= 0.3 is 0 Å². The second kappa shape index (κ2) is 18.8. The van der Waals surface area contributed by atoms with Crippen LogP contribution in [0.5, 0.6) is 11.5 Å². The molecule has 0 radical (unpaired) electrons. The molecular formula is C44H48ClF2N9O6S. The van der Waals surface area contributed by atoms with Crippen molar-refractivity contribution >= 4 is 63.7 Å². The highest BCUT2D eigenvalue weighted by atomic mass is 35.5. The fourth-order valence-corrected chi connectivity index (χ4v) is 9.67. The van der Waals surface area contributed by atoms with Crippen LogP contribution in [0.3, 0.4) is 0 Å². The van der Waals surface area contributed by atoms with Gasteiger partial charge in [0.1, 0.15) is 29.2 Å². The van der Waals surface area contributed by atoms with Crippen LogP contribution in [0.1, 0.15) is 75.0 Å². The first kappa shape index (κ1) is 44.3. The summed E-state index contributed by atoms with van der Waals surface area (Å²) in [6, 6.07) is 11.7. The smallest absolute Gasteiger partial charge is 0.263 e. The fraction of sp³-hybridized carbons (Fsp3) is 0.455. The van der Waals surface area contributed by atoms with Crippen molar-refractivity contribution in [2.24, 2.45) is 0 Å². The standard InChI is InChI=1S/C44H48ClF2N9O6S/c1-3-53(2)63-52-33-7-6-31(46)41(30(33)22-48)62-36-10-8-34-39(40(36)45)43(60)56(25-49-34)28-21-44(61-24-28)14-18-55(19-15-44)38(58)23-54-16-12-26(13-17-54)29-5-4-27(20-32(29)47)50-35-9-11-37(57)51-42(35)59/h4-8,10,20,25-26,28,35,50,52H,3,9,11-19,21,23-24H2,1-2H3,(H,51,57,59). The van der Waals surface area contributed by atoms with Crippen molar-refractivity contribution in [3.63, 3.8) is 0 Å². The summed E-state index contributed by atoms with van der Waals surface area (Å²) >= 11 is 8.05. The van der Waals surface area contributed by atoms with Crippen molar-refractivity contribution in [2.45, 2.75) is 75.5 Å². The summed E-state index contributed by atoms with van der Waals surface area (Å²) < 4.78 is 49.2. The molecule has 2 atom stereocenters. The zero-order chi connectivity index (χ0) is 44.4. The van der Waals surface area contributed by atoms with Gasteiger partial charge in [-0.2, -0.15) is 5.26 Å². The largest absolute Gasteiger partial charge is 0.451 e. The van der Waals surface area contributed by atoms with Crippen LogP contribution in [0.15, 0.2) is 53.6 Å². The predicted molar refractivity (Wildman–Crippen MR) is 234 cm³/mol. The first-order valence-electron chi connectivity index (χ1n) is 21.1. The van der Waals surface area contributed by atoms with Gasteiger partial charge < -0.3 is 24.4 Å². The Morgan fingerprint density at radius 1 is 1.10 bits per heavy atom. The number of rotatable bonds is 12. The average Bonchev–Trinajstić information content (AvgIpc) is 3.68. The van der Waals surface area contributed by atoms with Gasteiger partial charge in [-0.1, -0.05) is 24.6 Å². The molecule has 3 aromatic carbocycles. The Morgan fingerprint density at radius 3 is 2.59 bits per heavy atom. The van der Waals surface area contributed by atoms with E-state index in [1.807, 2.05) is 29.2 Å². The molecule has 1 aromatic heterocycles. The Kier molecular flexibility index (Phi) is 13.2. The third-order valence-corrected chi connectivity index (χ3v) is 13.9. The predicted octanol–water partition coefficient (Wildman–Crippen LogP) is 6.34. The Hall–Kier alpha value is -5.32. The molecule has 63 heavy (non-hydrogen) atoms. The topological polar surface area (TPSA) is 174 Å². The number of nitrogens with one attached hydrogen (secondary N) is 3. The van der Waals surface area contributed by atoms with Crippen LogP contribution in [-0.4, -0.2) is 106 Å². The number of amides is 3. The molecule has 4 saturated heterocycles. The van der Waals surface area contributed by atoms with Gasteiger partial charge in [0.25, 0.3) is 5.56 Å². The lowest BCUT2D eigenvalue weighted by Gasteiger charge is -2.40. The van der Waals surface area contributed by atoms with Gasteiger partial charge in [0.15, 0.2) is 11.6 Å². The third-order valence-electron chi connectivity index (χ3n) is 12.6. The quantitative estimate of drug-likeness (QED) is 0.106. The van der Waals surface area contributed by atoms with E-state index in [9.17, 15) is 24.4 Å². The van der Waals surface area contributed by atoms with Crippen molar-refractivity contribution in [3.05, 3.63) is 86.9 Å². The molecule has 0 aliphatic carbocycles. The maximum atomic E-state index is 15.3. The molecule has 3 amide bonds. The molecule has 8 rings (SSSR count). The minimum absolute atomic E-state index is 0.00459. The highest BCUT2D eigenvalue weighted by Gasteiger charge is 2.44. The highest BCUT2D eigenvalue weighted by molar-refractivity contribution is 7.98. The summed E-state index contributed by atoms with van der Waals surface area (Å²) in [5.41, 5.74) is 0.791. The molecule has 4 aliphatic rings. The number of imide groups is 1. The first-order chi connectivity index (χ1) is 30.3. The summed E-state index contributed by atoms with van der Waals surface area (Å²) in [6.07, 6.45) is 5.22. The van der Waals surface area contributed by atoms with Crippen molar-refractivity contribution in [2.75, 3.05) is 63.0 Å². The van der Waals surface area contributed by atoms with Gasteiger partial charge in [0, 0.05) is 43.9 Å². The van der Waals surface area contributed by atoms with Crippen LogP contribution in [0.2, 0.25) is 5.02 Å². The second-order valence-corrected chi connectivity index (χ2v) is 17.9. The number of hydrogen-bond acceptors (Lipinski definition) is 13. The Morgan fingerprint density at radius 2 is 1.87 bits per heavy atom. The number of halogens is 3. The lowest BCUT2D eigenvalue weighted by molar-refractivity contribution is -0.137. The summed E-state index contributed by atoms with van der Waals surface area (Å²) in [7, 11) is 1.86. The molecule has 0 saturated carbocycles. The van der Waals surface area contributed by atoms with Crippen LogP contribution in [-0.2, 0) is 19.1 Å². The number of ether oxygens (including phenoxy) is 2. The summed E-state index contributed by atoms with van der Waals surface area (Å²) in [5, 5.41) is 15.3. The van der Waals surface area contributed by atoms with Gasteiger partial charge in [-0.15, -0.1) is 0 Å². The van der Waals surface area contributed by atoms with Gasteiger partial charge in [-0.05, 0) is 107 Å². The van der Waals surface area contributed by atoms with E-state index >= 15 is 8.78 Å². The van der Waals surface area contributed by atoms with E-state index < -0.39 is 28.9 Å². The third kappa shape index (κ3) is 9.48. The lowest BCUT2D eigenvalue weighted by atomic mass is 9.87. The molecule has 332 valence electrons. The van der Waals surface area contributed by atoms with Gasteiger partial charge in [0.05, 0.1) is 52.7 Å². The first-order valence-corrected chi connectivity index (χ1v) is 22.3. The molecule has 0 bridgehead atoms. The number of likely N-dealkylation sites (tertiary alicyclic amines) is 2. The normalized spacial score (nSPS) is 20.6. The molecule has 15 nitrogen and oxygen atoms in total. The number of aromatic nitrogens is 2. The number of piperidine rings is 3. The number of nitriles is 1. The molecule has 4 aliphatic heterocycles. The van der Waals surface area contributed by atoms with E-state index in [1.54, 1.807) is 18.2 Å². The summed E-state index contributed by atoms with van der Waals surface area (Å²) in [6.45, 7) is 5.55. The van der Waals surface area contributed by atoms with Crippen molar-refractivity contribution < 1.29 is 32.6 Å². The summed E-state index contributed by atoms with van der Waals surface area (Å²) in [5.74, 6) is -2.13. The highest BCUT2D eigenvalue weighted by Crippen LogP contribution is 2.42. The molecule has 2 unspecified atom stereocenters. The van der Waals surface area contributed by atoms with E-state index in [1.165, 1.54) is 47.3 Å². The van der Waals surface area contributed by atoms with E-state index in [0.29, 0.717) is 87.2 Å². The maximum Gasteiger partial charge on any atom is 0.263 e. The Bertz CT molecular complexity index is 2520. The molecule has 3 N–H and O–H groups in total. The second-order valence-electron chi connectivity index (χ2n) is 16.5. The molecule has 4 aromatic rings. The van der Waals surface area contributed by atoms with Crippen molar-refractivity contribution in [1.29, 1.82) is 5.26 Å². The van der Waals surface area contributed by atoms with E-state index in [-0.39, 0.29) is 76.6 Å². The van der Waals surface area contributed by atoms with E-state index in [0.717, 1.165) is 6.54 Å². The van der Waals surface area contributed by atoms with Gasteiger partial charge in [-0.25, -0.2) is 18.1 Å². The SMILES string of the molecule is CCN(C)SNc1ccc(F)c(Oc2ccc3ncn(C4COC5(CCN(C(=O)CN6CCC(c7ccc(NC8CCC(=O)NC8=O)cc7F)CC6)CC5)C4)c(=O)c3c2Cl)c1C#N. The number of anilines is 2. The number of benzene rings is 3. The molecule has 19 heteroatoms. The number of hydrogen-bond donors (Lipinski definition) is 3. The van der Waals surface area contributed by atoms with E-state index in [2.05, 4.69) is 25.2 Å². The molecule has 4 fully saturated rings. The van der Waals surface area contributed by atoms with E-state index in [4.69, 9.17) is 21.1 Å². The molecule has 5 heterocycles. The number of carbonyl (C=O) groups excluding carboxylic acids is 3. The van der Waals surface area contributed by atoms with Crippen LogP contribution in [0.4, 0.5) is 20.2 Å². The van der Waals surface area contributed by atoms with Crippen LogP contribution in [0.25, 0.3) is 10.9 Å². The monoisotopic (exact) mass is 903 g/mol. The van der Waals surface area contributed by atoms with Crippen molar-refractivity contribution in [3.8, 4) is 17.6 Å². The Balaban J connectivity index is 0.851. The maximum absolute atomic E-state index is 15.3. The lowest BCUT2D eigenvalue weighted by Crippen LogP contribution is -2.50. The minimum Gasteiger partial charge on any atom is -0.451 e. The van der Waals surface area contributed by atoms with Gasteiger partial charge in [-0.3, -0.25) is 34.0 Å². The molecule has 1 spiro atoms. The molecular weight excluding hydrogens is 856 g/mol. The van der Waals surface area contributed by atoms with Crippen LogP contribution >= 0.6 is 23.7 Å². The van der Waals surface area contributed by atoms with Crippen LogP contribution < -0.4 is 25.7 Å². The minimum atomic E-state index is -0.770. The average molecular weight is 904 g/mol. The zero-order valence-corrected chi connectivity index (χ0v) is 36.5. The Labute approximate surface area is 372 Å². The zero-order valence-electron chi connectivity index (χ0n) is 34.9. The van der Waals surface area contributed by atoms with Crippen molar-refractivity contribution in [1.82, 2.24) is 29.0 Å². The van der Waals surface area contributed by atoms with Gasteiger partial charge in [0.2, 0.25) is 17.7 Å². The number of carbonyl (C=O) groups is 3. The fourth-order valence-electron chi connectivity index (χ4n) is 8.84. The summed E-state index contributed by atoms with van der Waals surface area (Å²) in [4.78, 5) is 59.6.